The Hall–Kier alpha value is -2.10. The van der Waals surface area contributed by atoms with Crippen LogP contribution in [0.25, 0.3) is 11.3 Å². The number of hydrogen-bond donors (Lipinski definition) is 1. The molecule has 0 fully saturated rings. The van der Waals surface area contributed by atoms with Gasteiger partial charge >= 0.3 is 0 Å². The van der Waals surface area contributed by atoms with Crippen molar-refractivity contribution in [3.63, 3.8) is 0 Å². The zero-order valence-corrected chi connectivity index (χ0v) is 11.8. The lowest BCUT2D eigenvalue weighted by Crippen LogP contribution is -1.98. The molecule has 1 heterocycles. The highest BCUT2D eigenvalue weighted by atomic mass is 16.5. The number of benzene rings is 1. The summed E-state index contributed by atoms with van der Waals surface area (Å²) in [6.45, 7) is 6.79. The Morgan fingerprint density at radius 1 is 1.11 bits per heavy atom. The summed E-state index contributed by atoms with van der Waals surface area (Å²) in [5.41, 5.74) is 4.30. The molecule has 0 aliphatic rings. The molecule has 0 aliphatic heterocycles. The predicted octanol–water partition coefficient (Wildman–Crippen LogP) is 3.20. The van der Waals surface area contributed by atoms with E-state index in [1.165, 1.54) is 0 Å². The van der Waals surface area contributed by atoms with Crippen LogP contribution >= 0.6 is 0 Å². The molecule has 19 heavy (non-hydrogen) atoms. The minimum atomic E-state index is 0.678. The van der Waals surface area contributed by atoms with Gasteiger partial charge in [-0.15, -0.1) is 0 Å². The quantitative estimate of drug-likeness (QED) is 0.913. The summed E-state index contributed by atoms with van der Waals surface area (Å²) in [5.74, 6) is 1.75. The smallest absolute Gasteiger partial charge is 0.129 e. The normalized spacial score (nSPS) is 10.3. The topological polar surface area (TPSA) is 47.0 Å². The highest BCUT2D eigenvalue weighted by Crippen LogP contribution is 2.29. The number of nitrogens with one attached hydrogen (secondary N) is 1. The van der Waals surface area contributed by atoms with Gasteiger partial charge in [0.1, 0.15) is 17.9 Å². The Bertz CT molecular complexity index is 582. The number of ether oxygens (including phenoxy) is 1. The minimum Gasteiger partial charge on any atom is -0.494 e. The first kappa shape index (κ1) is 13.3. The van der Waals surface area contributed by atoms with Crippen LogP contribution in [0.1, 0.15) is 18.1 Å². The number of aromatic nitrogens is 2. The first-order chi connectivity index (χ1) is 9.15. The van der Waals surface area contributed by atoms with Crippen molar-refractivity contribution in [1.29, 1.82) is 0 Å². The standard InChI is InChI=1S/C15H19N3O/c1-5-19-14-7-10(2)12(6-11(14)3)13-8-15(16-4)18-9-17-13/h6-9H,5H2,1-4H3,(H,16,17,18). The van der Waals surface area contributed by atoms with Crippen LogP contribution in [0.4, 0.5) is 5.82 Å². The van der Waals surface area contributed by atoms with Crippen LogP contribution in [0.15, 0.2) is 24.5 Å². The fourth-order valence-corrected chi connectivity index (χ4v) is 2.02. The average molecular weight is 257 g/mol. The number of rotatable bonds is 4. The Balaban J connectivity index is 2.47. The summed E-state index contributed by atoms with van der Waals surface area (Å²) in [6.07, 6.45) is 1.58. The van der Waals surface area contributed by atoms with Crippen molar-refractivity contribution in [2.45, 2.75) is 20.8 Å². The van der Waals surface area contributed by atoms with Gasteiger partial charge < -0.3 is 10.1 Å². The molecule has 0 spiro atoms. The van der Waals surface area contributed by atoms with E-state index in [0.717, 1.165) is 34.0 Å². The van der Waals surface area contributed by atoms with E-state index >= 15 is 0 Å². The molecule has 0 atom stereocenters. The summed E-state index contributed by atoms with van der Waals surface area (Å²) in [4.78, 5) is 8.48. The Morgan fingerprint density at radius 3 is 2.58 bits per heavy atom. The monoisotopic (exact) mass is 257 g/mol. The van der Waals surface area contributed by atoms with Crippen molar-refractivity contribution in [1.82, 2.24) is 9.97 Å². The lowest BCUT2D eigenvalue weighted by molar-refractivity contribution is 0.337. The van der Waals surface area contributed by atoms with E-state index in [1.807, 2.05) is 27.0 Å². The molecule has 0 saturated heterocycles. The largest absolute Gasteiger partial charge is 0.494 e. The van der Waals surface area contributed by atoms with Crippen molar-refractivity contribution in [3.8, 4) is 17.0 Å². The third-order valence-electron chi connectivity index (χ3n) is 3.02. The maximum Gasteiger partial charge on any atom is 0.129 e. The second kappa shape index (κ2) is 5.69. The van der Waals surface area contributed by atoms with E-state index in [2.05, 4.69) is 34.3 Å². The van der Waals surface area contributed by atoms with Crippen LogP contribution in [0.5, 0.6) is 5.75 Å². The number of anilines is 1. The molecule has 0 radical (unpaired) electrons. The maximum atomic E-state index is 5.61. The first-order valence-electron chi connectivity index (χ1n) is 6.40. The molecule has 4 heteroatoms. The van der Waals surface area contributed by atoms with E-state index < -0.39 is 0 Å². The van der Waals surface area contributed by atoms with Gasteiger partial charge in [0, 0.05) is 18.7 Å². The van der Waals surface area contributed by atoms with Crippen LogP contribution < -0.4 is 10.1 Å². The second-order valence-corrected chi connectivity index (χ2v) is 4.40. The predicted molar refractivity (Wildman–Crippen MR) is 77.7 cm³/mol. The molecule has 2 aromatic rings. The van der Waals surface area contributed by atoms with Crippen molar-refractivity contribution >= 4 is 5.82 Å². The van der Waals surface area contributed by atoms with Crippen LogP contribution in [0, 0.1) is 13.8 Å². The zero-order chi connectivity index (χ0) is 13.8. The molecule has 4 nitrogen and oxygen atoms in total. The van der Waals surface area contributed by atoms with Crippen molar-refractivity contribution in [2.75, 3.05) is 19.0 Å². The van der Waals surface area contributed by atoms with Gasteiger partial charge in [-0.1, -0.05) is 0 Å². The molecule has 1 N–H and O–H groups in total. The van der Waals surface area contributed by atoms with Crippen LogP contribution in [0.3, 0.4) is 0 Å². The summed E-state index contributed by atoms with van der Waals surface area (Å²) >= 11 is 0. The summed E-state index contributed by atoms with van der Waals surface area (Å²) < 4.78 is 5.61. The third-order valence-corrected chi connectivity index (χ3v) is 3.02. The lowest BCUT2D eigenvalue weighted by atomic mass is 10.0. The molecule has 100 valence electrons. The molecule has 0 amide bonds. The van der Waals surface area contributed by atoms with E-state index in [0.29, 0.717) is 6.61 Å². The van der Waals surface area contributed by atoms with Crippen LogP contribution in [-0.2, 0) is 0 Å². The molecule has 0 unspecified atom stereocenters. The molecular formula is C15H19N3O. The zero-order valence-electron chi connectivity index (χ0n) is 11.8. The van der Waals surface area contributed by atoms with E-state index in [-0.39, 0.29) is 0 Å². The third kappa shape index (κ3) is 2.84. The first-order valence-corrected chi connectivity index (χ1v) is 6.40. The van der Waals surface area contributed by atoms with Gasteiger partial charge in [-0.2, -0.15) is 0 Å². The van der Waals surface area contributed by atoms with E-state index in [9.17, 15) is 0 Å². The maximum absolute atomic E-state index is 5.61. The average Bonchev–Trinajstić information content (AvgIpc) is 2.43. The summed E-state index contributed by atoms with van der Waals surface area (Å²) in [7, 11) is 1.85. The Kier molecular flexibility index (Phi) is 4.00. The number of nitrogens with zero attached hydrogens (tertiary/aromatic N) is 2. The van der Waals surface area contributed by atoms with Gasteiger partial charge in [0.25, 0.3) is 0 Å². The lowest BCUT2D eigenvalue weighted by Gasteiger charge is -2.12. The highest BCUT2D eigenvalue weighted by Gasteiger charge is 2.09. The van der Waals surface area contributed by atoms with Crippen molar-refractivity contribution in [3.05, 3.63) is 35.7 Å². The van der Waals surface area contributed by atoms with E-state index in [4.69, 9.17) is 4.74 Å². The molecule has 0 aliphatic carbocycles. The fraction of sp³-hybridized carbons (Fsp3) is 0.333. The second-order valence-electron chi connectivity index (χ2n) is 4.40. The molecule has 0 bridgehead atoms. The molecular weight excluding hydrogens is 238 g/mol. The van der Waals surface area contributed by atoms with Gasteiger partial charge in [-0.3, -0.25) is 0 Å². The van der Waals surface area contributed by atoms with Gasteiger partial charge in [0.05, 0.1) is 12.3 Å². The molecule has 1 aromatic carbocycles. The van der Waals surface area contributed by atoms with Gasteiger partial charge in [-0.25, -0.2) is 9.97 Å². The van der Waals surface area contributed by atoms with Crippen molar-refractivity contribution in [2.24, 2.45) is 0 Å². The number of hydrogen-bond acceptors (Lipinski definition) is 4. The van der Waals surface area contributed by atoms with Crippen LogP contribution in [-0.4, -0.2) is 23.6 Å². The summed E-state index contributed by atoms with van der Waals surface area (Å²) in [5, 5.41) is 3.03. The fourth-order valence-electron chi connectivity index (χ4n) is 2.02. The minimum absolute atomic E-state index is 0.678. The molecule has 1 aromatic heterocycles. The van der Waals surface area contributed by atoms with Gasteiger partial charge in [-0.05, 0) is 44.0 Å². The van der Waals surface area contributed by atoms with E-state index in [1.54, 1.807) is 6.33 Å². The highest BCUT2D eigenvalue weighted by molar-refractivity contribution is 5.68. The Morgan fingerprint density at radius 2 is 1.89 bits per heavy atom. The van der Waals surface area contributed by atoms with Crippen molar-refractivity contribution < 1.29 is 4.74 Å². The molecule has 0 saturated carbocycles. The number of aryl methyl sites for hydroxylation is 2. The molecule has 2 rings (SSSR count). The van der Waals surface area contributed by atoms with Crippen LogP contribution in [0.2, 0.25) is 0 Å². The SMILES string of the molecule is CCOc1cc(C)c(-c2cc(NC)ncn2)cc1C. The van der Waals surface area contributed by atoms with Gasteiger partial charge in [0.2, 0.25) is 0 Å². The summed E-state index contributed by atoms with van der Waals surface area (Å²) in [6, 6.07) is 6.12. The Labute approximate surface area is 113 Å². The van der Waals surface area contributed by atoms with Gasteiger partial charge in [0.15, 0.2) is 0 Å².